The van der Waals surface area contributed by atoms with Gasteiger partial charge in [0.05, 0.1) is 25.8 Å². The molecule has 2 aromatic rings. The molecule has 0 aromatic carbocycles. The molecule has 1 aliphatic rings. The number of hydrogen-bond donors (Lipinski definition) is 3. The molecule has 3 N–H and O–H groups in total. The lowest BCUT2D eigenvalue weighted by Gasteiger charge is -2.33. The van der Waals surface area contributed by atoms with Crippen LogP contribution in [0.4, 0.5) is 0 Å². The van der Waals surface area contributed by atoms with Gasteiger partial charge in [-0.25, -0.2) is 4.99 Å². The van der Waals surface area contributed by atoms with E-state index in [2.05, 4.69) is 20.5 Å². The number of furan rings is 2. The zero-order chi connectivity index (χ0) is 22.4. The summed E-state index contributed by atoms with van der Waals surface area (Å²) >= 11 is 0. The fourth-order valence-electron chi connectivity index (χ4n) is 3.95. The minimum atomic E-state index is -1.12. The topological polar surface area (TPSA) is 95.4 Å². The summed E-state index contributed by atoms with van der Waals surface area (Å²) in [6, 6.07) is 5.98. The number of aliphatic hydroxyl groups is 1. The average Bonchev–Trinajstić information content (AvgIpc) is 3.32. The maximum absolute atomic E-state index is 11.0. The number of morpholine rings is 1. The van der Waals surface area contributed by atoms with Crippen LogP contribution in [-0.4, -0.2) is 61.9 Å². The predicted molar refractivity (Wildman–Crippen MR) is 136 cm³/mol. The van der Waals surface area contributed by atoms with Gasteiger partial charge >= 0.3 is 0 Å². The Morgan fingerprint density at radius 3 is 2.44 bits per heavy atom. The van der Waals surface area contributed by atoms with Crippen molar-refractivity contribution in [3.05, 3.63) is 46.8 Å². The smallest absolute Gasteiger partial charge is 0.191 e. The number of hydrogen-bond acceptors (Lipinski definition) is 6. The van der Waals surface area contributed by atoms with Crippen LogP contribution in [0.2, 0.25) is 0 Å². The monoisotopic (exact) mass is 560 g/mol. The zero-order valence-corrected chi connectivity index (χ0v) is 22.1. The van der Waals surface area contributed by atoms with Crippen molar-refractivity contribution < 1.29 is 18.7 Å². The predicted octanol–water partition coefficient (Wildman–Crippen LogP) is 3.25. The molecule has 3 heterocycles. The highest BCUT2D eigenvalue weighted by atomic mass is 127. The molecule has 1 saturated heterocycles. The standard InChI is InChI=1S/C23H36N4O4.HI/c1-6-24-22(26-15-23(5,28)19-13-17(3)30-18(19)4)25-14-20(21-8-7-16(2)31-21)27-9-11-29-12-10-27;/h7-8,13,20,28H,6,9-12,14-15H2,1-5H3,(H2,24,25,26);1H. The largest absolute Gasteiger partial charge is 0.466 e. The van der Waals surface area contributed by atoms with E-state index in [4.69, 9.17) is 13.6 Å². The summed E-state index contributed by atoms with van der Waals surface area (Å²) in [4.78, 5) is 7.02. The fourth-order valence-corrected chi connectivity index (χ4v) is 3.95. The van der Waals surface area contributed by atoms with E-state index in [0.29, 0.717) is 12.5 Å². The highest BCUT2D eigenvalue weighted by molar-refractivity contribution is 14.0. The first-order valence-electron chi connectivity index (χ1n) is 11.0. The van der Waals surface area contributed by atoms with Gasteiger partial charge in [-0.15, -0.1) is 24.0 Å². The fraction of sp³-hybridized carbons (Fsp3) is 0.609. The molecule has 3 rings (SSSR count). The molecule has 2 aromatic heterocycles. The molecule has 32 heavy (non-hydrogen) atoms. The maximum atomic E-state index is 11.0. The number of nitrogens with one attached hydrogen (secondary N) is 2. The van der Waals surface area contributed by atoms with Crippen LogP contribution in [-0.2, 0) is 10.3 Å². The van der Waals surface area contributed by atoms with Gasteiger partial charge < -0.3 is 29.3 Å². The third kappa shape index (κ3) is 6.97. The van der Waals surface area contributed by atoms with E-state index in [-0.39, 0.29) is 36.6 Å². The van der Waals surface area contributed by atoms with Gasteiger partial charge in [0, 0.05) is 31.7 Å². The molecule has 180 valence electrons. The van der Waals surface area contributed by atoms with Gasteiger partial charge in [0.15, 0.2) is 5.96 Å². The molecular formula is C23H37IN4O4. The summed E-state index contributed by atoms with van der Waals surface area (Å²) in [5, 5.41) is 17.7. The van der Waals surface area contributed by atoms with Crippen LogP contribution in [0.1, 0.15) is 48.5 Å². The Labute approximate surface area is 207 Å². The maximum Gasteiger partial charge on any atom is 0.191 e. The van der Waals surface area contributed by atoms with Gasteiger partial charge in [0.1, 0.15) is 28.6 Å². The molecule has 1 fully saturated rings. The second-order valence-corrected chi connectivity index (χ2v) is 8.29. The second kappa shape index (κ2) is 12.1. The van der Waals surface area contributed by atoms with Crippen LogP contribution >= 0.6 is 24.0 Å². The van der Waals surface area contributed by atoms with Gasteiger partial charge in [-0.05, 0) is 52.8 Å². The highest BCUT2D eigenvalue weighted by Gasteiger charge is 2.28. The first-order chi connectivity index (χ1) is 14.8. The Balaban J connectivity index is 0.00000363. The first-order valence-corrected chi connectivity index (χ1v) is 11.0. The van der Waals surface area contributed by atoms with Gasteiger partial charge in [0.2, 0.25) is 0 Å². The number of ether oxygens (including phenoxy) is 1. The molecule has 1 aliphatic heterocycles. The van der Waals surface area contributed by atoms with Crippen molar-refractivity contribution in [3.63, 3.8) is 0 Å². The lowest BCUT2D eigenvalue weighted by Crippen LogP contribution is -2.46. The summed E-state index contributed by atoms with van der Waals surface area (Å²) < 4.78 is 17.1. The Morgan fingerprint density at radius 1 is 1.16 bits per heavy atom. The van der Waals surface area contributed by atoms with Crippen LogP contribution in [0.25, 0.3) is 0 Å². The molecular weight excluding hydrogens is 523 g/mol. The minimum Gasteiger partial charge on any atom is -0.466 e. The summed E-state index contributed by atoms with van der Waals surface area (Å²) in [6.07, 6.45) is 0. The molecule has 0 aliphatic carbocycles. The van der Waals surface area contributed by atoms with E-state index in [1.807, 2.05) is 45.9 Å². The van der Waals surface area contributed by atoms with E-state index < -0.39 is 5.60 Å². The van der Waals surface area contributed by atoms with Gasteiger partial charge in [-0.3, -0.25) is 4.90 Å². The second-order valence-electron chi connectivity index (χ2n) is 8.29. The molecule has 0 saturated carbocycles. The molecule has 2 unspecified atom stereocenters. The number of nitrogens with zero attached hydrogens (tertiary/aromatic N) is 2. The van der Waals surface area contributed by atoms with Crippen molar-refractivity contribution in [2.24, 2.45) is 4.99 Å². The van der Waals surface area contributed by atoms with Gasteiger partial charge in [-0.2, -0.15) is 0 Å². The van der Waals surface area contributed by atoms with Gasteiger partial charge in [-0.1, -0.05) is 0 Å². The van der Waals surface area contributed by atoms with E-state index >= 15 is 0 Å². The summed E-state index contributed by atoms with van der Waals surface area (Å²) in [5.74, 6) is 3.98. The van der Waals surface area contributed by atoms with Crippen molar-refractivity contribution in [2.45, 2.75) is 46.3 Å². The van der Waals surface area contributed by atoms with Crippen LogP contribution in [0.5, 0.6) is 0 Å². The number of aryl methyl sites for hydroxylation is 3. The number of guanidine groups is 1. The lowest BCUT2D eigenvalue weighted by atomic mass is 9.96. The normalized spacial score (nSPS) is 18.0. The summed E-state index contributed by atoms with van der Waals surface area (Å²) in [5.41, 5.74) is -0.354. The Morgan fingerprint density at radius 2 is 1.88 bits per heavy atom. The molecule has 0 bridgehead atoms. The van der Waals surface area contributed by atoms with Crippen LogP contribution < -0.4 is 10.6 Å². The molecule has 8 nitrogen and oxygen atoms in total. The van der Waals surface area contributed by atoms with Crippen LogP contribution in [0, 0.1) is 20.8 Å². The molecule has 0 amide bonds. The molecule has 0 spiro atoms. The molecule has 0 radical (unpaired) electrons. The third-order valence-electron chi connectivity index (χ3n) is 5.55. The van der Waals surface area contributed by atoms with Gasteiger partial charge in [0.25, 0.3) is 0 Å². The number of aliphatic imine (C=N–C) groups is 1. The quantitative estimate of drug-likeness (QED) is 0.259. The molecule has 2 atom stereocenters. The van der Waals surface area contributed by atoms with E-state index in [1.165, 1.54) is 0 Å². The number of halogens is 1. The molecule has 9 heteroatoms. The van der Waals surface area contributed by atoms with Crippen molar-refractivity contribution in [1.82, 2.24) is 15.5 Å². The van der Waals surface area contributed by atoms with E-state index in [1.54, 1.807) is 6.92 Å². The first kappa shape index (κ1) is 26.7. The summed E-state index contributed by atoms with van der Waals surface area (Å²) in [6.45, 7) is 14.2. The average molecular weight is 560 g/mol. The number of rotatable bonds is 8. The van der Waals surface area contributed by atoms with Crippen molar-refractivity contribution in [1.29, 1.82) is 0 Å². The van der Waals surface area contributed by atoms with Crippen molar-refractivity contribution in [3.8, 4) is 0 Å². The Hall–Kier alpha value is -1.56. The zero-order valence-electron chi connectivity index (χ0n) is 19.7. The minimum absolute atomic E-state index is 0. The third-order valence-corrected chi connectivity index (χ3v) is 5.55. The van der Waals surface area contributed by atoms with E-state index in [9.17, 15) is 5.11 Å². The van der Waals surface area contributed by atoms with E-state index in [0.717, 1.165) is 61.5 Å². The highest BCUT2D eigenvalue weighted by Crippen LogP contribution is 2.27. The lowest BCUT2D eigenvalue weighted by molar-refractivity contribution is 0.0124. The summed E-state index contributed by atoms with van der Waals surface area (Å²) in [7, 11) is 0. The Bertz CT molecular complexity index is 871. The van der Waals surface area contributed by atoms with Crippen LogP contribution in [0.15, 0.2) is 32.0 Å². The van der Waals surface area contributed by atoms with Crippen LogP contribution in [0.3, 0.4) is 0 Å². The van der Waals surface area contributed by atoms with Crippen molar-refractivity contribution in [2.75, 3.05) is 45.9 Å². The Kier molecular flexibility index (Phi) is 10.1. The SMILES string of the molecule is CCNC(=NCC(C)(O)c1cc(C)oc1C)NCC(c1ccc(C)o1)N1CCOCC1.I. The van der Waals surface area contributed by atoms with Crippen molar-refractivity contribution >= 4 is 29.9 Å².